The maximum Gasteiger partial charge on any atom is 0.119 e. The van der Waals surface area contributed by atoms with Crippen LogP contribution in [0.4, 0.5) is 0 Å². The van der Waals surface area contributed by atoms with Crippen LogP contribution in [0.2, 0.25) is 0 Å². The van der Waals surface area contributed by atoms with Crippen LogP contribution >= 0.6 is 7.92 Å². The van der Waals surface area contributed by atoms with Crippen molar-refractivity contribution in [2.75, 3.05) is 26.0 Å². The molecule has 0 N–H and O–H groups in total. The zero-order valence-corrected chi connectivity index (χ0v) is 21.0. The summed E-state index contributed by atoms with van der Waals surface area (Å²) in [5.41, 5.74) is 1.41. The van der Waals surface area contributed by atoms with Crippen molar-refractivity contribution < 1.29 is 9.47 Å². The number of benzene rings is 3. The third kappa shape index (κ3) is 9.70. The van der Waals surface area contributed by atoms with Gasteiger partial charge in [-0.2, -0.15) is 0 Å². The van der Waals surface area contributed by atoms with E-state index in [1.54, 1.807) is 0 Å². The first kappa shape index (κ1) is 25.5. The first-order valence-corrected chi connectivity index (χ1v) is 14.1. The monoisotopic (exact) mass is 462 g/mol. The van der Waals surface area contributed by atoms with E-state index in [4.69, 9.17) is 9.47 Å². The van der Waals surface area contributed by atoms with E-state index < -0.39 is 7.92 Å². The second-order valence-corrected chi connectivity index (χ2v) is 10.8. The van der Waals surface area contributed by atoms with E-state index in [1.165, 1.54) is 61.1 Å². The Morgan fingerprint density at radius 3 is 1.85 bits per heavy atom. The van der Waals surface area contributed by atoms with Crippen molar-refractivity contribution in [2.45, 2.75) is 51.9 Å². The van der Waals surface area contributed by atoms with Crippen molar-refractivity contribution in [3.63, 3.8) is 0 Å². The van der Waals surface area contributed by atoms with Gasteiger partial charge in [0.05, 0.1) is 13.2 Å². The molecule has 3 rings (SSSR count). The minimum Gasteiger partial charge on any atom is -0.491 e. The lowest BCUT2D eigenvalue weighted by atomic mass is 10.0. The molecule has 0 aliphatic heterocycles. The molecule has 3 heteroatoms. The fraction of sp³-hybridized carbons (Fsp3) is 0.400. The molecule has 0 spiro atoms. The number of hydrogen-bond acceptors (Lipinski definition) is 2. The second kappa shape index (κ2) is 15.6. The minimum absolute atomic E-state index is 0.395. The van der Waals surface area contributed by atoms with Gasteiger partial charge >= 0.3 is 0 Å². The smallest absolute Gasteiger partial charge is 0.119 e. The SMILES string of the molecule is CCCCCCCCc1ccc(OCCOCCP(c2ccccc2)c2ccccc2)cc1. The van der Waals surface area contributed by atoms with Crippen molar-refractivity contribution in [3.05, 3.63) is 90.5 Å². The first-order valence-electron chi connectivity index (χ1n) is 12.5. The molecule has 0 aliphatic rings. The summed E-state index contributed by atoms with van der Waals surface area (Å²) in [4.78, 5) is 0. The summed E-state index contributed by atoms with van der Waals surface area (Å²) < 4.78 is 11.8. The predicted octanol–water partition coefficient (Wildman–Crippen LogP) is 7.12. The highest BCUT2D eigenvalue weighted by molar-refractivity contribution is 7.73. The van der Waals surface area contributed by atoms with Gasteiger partial charge in [-0.1, -0.05) is 112 Å². The summed E-state index contributed by atoms with van der Waals surface area (Å²) in [7, 11) is -0.395. The summed E-state index contributed by atoms with van der Waals surface area (Å²) in [6.45, 7) is 4.22. The van der Waals surface area contributed by atoms with Gasteiger partial charge in [-0.15, -0.1) is 0 Å². The van der Waals surface area contributed by atoms with E-state index in [-0.39, 0.29) is 0 Å². The van der Waals surface area contributed by atoms with Gasteiger partial charge < -0.3 is 9.47 Å². The van der Waals surface area contributed by atoms with Crippen molar-refractivity contribution in [2.24, 2.45) is 0 Å². The largest absolute Gasteiger partial charge is 0.491 e. The third-order valence-electron chi connectivity index (χ3n) is 5.83. The quantitative estimate of drug-likeness (QED) is 0.167. The Bertz CT molecular complexity index is 825. The number of ether oxygens (including phenoxy) is 2. The molecular weight excluding hydrogens is 423 g/mol. The zero-order chi connectivity index (χ0) is 23.0. The van der Waals surface area contributed by atoms with Crippen molar-refractivity contribution >= 4 is 18.5 Å². The van der Waals surface area contributed by atoms with Crippen molar-refractivity contribution in [1.82, 2.24) is 0 Å². The molecule has 0 bridgehead atoms. The topological polar surface area (TPSA) is 18.5 Å². The van der Waals surface area contributed by atoms with Crippen LogP contribution in [0.25, 0.3) is 0 Å². The molecule has 0 fully saturated rings. The van der Waals surface area contributed by atoms with E-state index >= 15 is 0 Å². The molecule has 2 nitrogen and oxygen atoms in total. The number of hydrogen-bond donors (Lipinski definition) is 0. The molecule has 3 aromatic rings. The highest BCUT2D eigenvalue weighted by atomic mass is 31.1. The van der Waals surface area contributed by atoms with Gasteiger partial charge in [0.25, 0.3) is 0 Å². The van der Waals surface area contributed by atoms with E-state index in [0.717, 1.165) is 18.5 Å². The van der Waals surface area contributed by atoms with Crippen LogP contribution in [0.3, 0.4) is 0 Å². The highest BCUT2D eigenvalue weighted by Gasteiger charge is 2.13. The molecule has 0 aliphatic carbocycles. The molecule has 0 radical (unpaired) electrons. The maximum atomic E-state index is 5.94. The van der Waals surface area contributed by atoms with E-state index in [0.29, 0.717) is 13.2 Å². The van der Waals surface area contributed by atoms with Gasteiger partial charge in [0.2, 0.25) is 0 Å². The van der Waals surface area contributed by atoms with Gasteiger partial charge in [-0.3, -0.25) is 0 Å². The van der Waals surface area contributed by atoms with Crippen molar-refractivity contribution in [3.8, 4) is 5.75 Å². The third-order valence-corrected chi connectivity index (χ3v) is 8.31. The lowest BCUT2D eigenvalue weighted by Crippen LogP contribution is -2.17. The number of unbranched alkanes of at least 4 members (excludes halogenated alkanes) is 5. The lowest BCUT2D eigenvalue weighted by molar-refractivity contribution is 0.112. The molecule has 0 amide bonds. The Morgan fingerprint density at radius 1 is 0.606 bits per heavy atom. The van der Waals surface area contributed by atoms with Gasteiger partial charge in [0.15, 0.2) is 0 Å². The summed E-state index contributed by atoms with van der Waals surface area (Å²) in [6, 6.07) is 30.2. The van der Waals surface area contributed by atoms with Crippen LogP contribution in [0.5, 0.6) is 5.75 Å². The molecule has 0 heterocycles. The first-order chi connectivity index (χ1) is 16.4. The lowest BCUT2D eigenvalue weighted by Gasteiger charge is -2.18. The fourth-order valence-electron chi connectivity index (χ4n) is 3.96. The standard InChI is InChI=1S/C30H39O2P/c1-2-3-4-5-6-9-14-27-19-21-28(22-20-27)32-24-23-31-25-26-33(29-15-10-7-11-16-29)30-17-12-8-13-18-30/h7-8,10-13,15-22H,2-6,9,14,23-26H2,1H3. The molecule has 0 saturated carbocycles. The van der Waals surface area contributed by atoms with Crippen LogP contribution in [0.1, 0.15) is 51.0 Å². The zero-order valence-electron chi connectivity index (χ0n) is 20.1. The molecule has 0 atom stereocenters. The van der Waals surface area contributed by atoms with Crippen molar-refractivity contribution in [1.29, 1.82) is 0 Å². The Hall–Kier alpha value is -2.15. The Balaban J connectivity index is 1.33. The van der Waals surface area contributed by atoms with Crippen LogP contribution in [0.15, 0.2) is 84.9 Å². The summed E-state index contributed by atoms with van der Waals surface area (Å²) in [6.07, 6.45) is 10.3. The average Bonchev–Trinajstić information content (AvgIpc) is 2.87. The van der Waals surface area contributed by atoms with E-state index in [2.05, 4.69) is 91.9 Å². The molecular formula is C30H39O2P. The molecule has 33 heavy (non-hydrogen) atoms. The predicted molar refractivity (Wildman–Crippen MR) is 144 cm³/mol. The summed E-state index contributed by atoms with van der Waals surface area (Å²) in [5, 5.41) is 2.80. The average molecular weight is 463 g/mol. The van der Waals surface area contributed by atoms with Crippen LogP contribution in [-0.4, -0.2) is 26.0 Å². The van der Waals surface area contributed by atoms with Gasteiger partial charge in [-0.25, -0.2) is 0 Å². The van der Waals surface area contributed by atoms with Crippen LogP contribution in [-0.2, 0) is 11.2 Å². The minimum atomic E-state index is -0.395. The van der Waals surface area contributed by atoms with Gasteiger partial charge in [0, 0.05) is 0 Å². The highest BCUT2D eigenvalue weighted by Crippen LogP contribution is 2.32. The molecule has 0 aromatic heterocycles. The molecule has 0 unspecified atom stereocenters. The molecule has 0 saturated heterocycles. The fourth-order valence-corrected chi connectivity index (χ4v) is 6.15. The van der Waals surface area contributed by atoms with Gasteiger partial charge in [0.1, 0.15) is 12.4 Å². The maximum absolute atomic E-state index is 5.94. The van der Waals surface area contributed by atoms with Crippen LogP contribution < -0.4 is 15.3 Å². The Labute approximate surface area is 202 Å². The number of aryl methyl sites for hydroxylation is 1. The molecule has 176 valence electrons. The van der Waals surface area contributed by atoms with E-state index in [9.17, 15) is 0 Å². The summed E-state index contributed by atoms with van der Waals surface area (Å²) in [5.74, 6) is 0.932. The summed E-state index contributed by atoms with van der Waals surface area (Å²) >= 11 is 0. The Morgan fingerprint density at radius 2 is 1.21 bits per heavy atom. The van der Waals surface area contributed by atoms with Crippen LogP contribution in [0, 0.1) is 0 Å². The van der Waals surface area contributed by atoms with E-state index in [1.807, 2.05) is 0 Å². The number of rotatable bonds is 16. The molecule has 3 aromatic carbocycles. The Kier molecular flexibility index (Phi) is 12.1. The van der Waals surface area contributed by atoms with Gasteiger partial charge in [-0.05, 0) is 55.2 Å². The second-order valence-electron chi connectivity index (χ2n) is 8.45. The normalized spacial score (nSPS) is 11.1.